The molecule has 0 spiro atoms. The summed E-state index contributed by atoms with van der Waals surface area (Å²) in [6.07, 6.45) is 0. The Morgan fingerprint density at radius 1 is 1.14 bits per heavy atom. The van der Waals surface area contributed by atoms with Gasteiger partial charge in [0.2, 0.25) is 5.82 Å². The fourth-order valence-corrected chi connectivity index (χ4v) is 1.95. The number of nitrogens with zero attached hydrogens (tertiary/aromatic N) is 3. The van der Waals surface area contributed by atoms with Gasteiger partial charge in [0, 0.05) is 5.56 Å². The van der Waals surface area contributed by atoms with Gasteiger partial charge in [0.25, 0.3) is 5.89 Å². The number of ether oxygens (including phenoxy) is 1. The Bertz CT molecular complexity index is 816. The quantitative estimate of drug-likeness (QED) is 0.735. The predicted octanol–water partition coefficient (Wildman–Crippen LogP) is 3.50. The first-order valence-corrected chi connectivity index (χ1v) is 6.78. The van der Waals surface area contributed by atoms with Crippen molar-refractivity contribution in [2.75, 3.05) is 0 Å². The summed E-state index contributed by atoms with van der Waals surface area (Å²) in [5.41, 5.74) is 2.51. The molecule has 0 saturated heterocycles. The minimum atomic E-state index is 0.147. The number of hydrogen-bond donors (Lipinski definition) is 0. The van der Waals surface area contributed by atoms with Crippen molar-refractivity contribution in [1.82, 2.24) is 10.1 Å². The summed E-state index contributed by atoms with van der Waals surface area (Å²) in [7, 11) is 0. The number of benzene rings is 2. The van der Waals surface area contributed by atoms with Crippen LogP contribution in [0.4, 0.5) is 0 Å². The molecule has 0 unspecified atom stereocenters. The maximum absolute atomic E-state index is 9.01. The van der Waals surface area contributed by atoms with E-state index in [0.29, 0.717) is 23.0 Å². The molecule has 0 amide bonds. The van der Waals surface area contributed by atoms with Gasteiger partial charge in [0.05, 0.1) is 5.56 Å². The summed E-state index contributed by atoms with van der Waals surface area (Å²) in [5, 5.41) is 12.9. The van der Waals surface area contributed by atoms with Crippen molar-refractivity contribution in [1.29, 1.82) is 5.26 Å². The molecule has 0 radical (unpaired) electrons. The summed E-state index contributed by atoms with van der Waals surface area (Å²) in [4.78, 5) is 4.30. The van der Waals surface area contributed by atoms with Crippen molar-refractivity contribution in [3.8, 4) is 23.3 Å². The molecular formula is C17H13N3O2. The van der Waals surface area contributed by atoms with Crippen LogP contribution in [0.25, 0.3) is 11.5 Å². The van der Waals surface area contributed by atoms with E-state index in [2.05, 4.69) is 16.2 Å². The van der Waals surface area contributed by atoms with Gasteiger partial charge >= 0.3 is 0 Å². The second-order valence-corrected chi connectivity index (χ2v) is 4.78. The van der Waals surface area contributed by atoms with Gasteiger partial charge in [0.1, 0.15) is 11.8 Å². The van der Waals surface area contributed by atoms with Crippen molar-refractivity contribution in [3.63, 3.8) is 0 Å². The van der Waals surface area contributed by atoms with Gasteiger partial charge in [-0.1, -0.05) is 35.0 Å². The highest BCUT2D eigenvalue weighted by atomic mass is 16.5. The molecule has 0 N–H and O–H groups in total. The van der Waals surface area contributed by atoms with E-state index in [1.54, 1.807) is 18.2 Å². The fourth-order valence-electron chi connectivity index (χ4n) is 1.95. The second-order valence-electron chi connectivity index (χ2n) is 4.78. The van der Waals surface area contributed by atoms with Crippen LogP contribution in [0.15, 0.2) is 53.1 Å². The van der Waals surface area contributed by atoms with Gasteiger partial charge in [-0.05, 0) is 31.2 Å². The van der Waals surface area contributed by atoms with Crippen LogP contribution in [0.2, 0.25) is 0 Å². The maximum atomic E-state index is 9.01. The normalized spacial score (nSPS) is 10.2. The van der Waals surface area contributed by atoms with Crippen molar-refractivity contribution in [2.45, 2.75) is 13.5 Å². The Morgan fingerprint density at radius 3 is 2.68 bits per heavy atom. The molecule has 1 heterocycles. The van der Waals surface area contributed by atoms with Crippen LogP contribution in [0, 0.1) is 18.3 Å². The molecular weight excluding hydrogens is 278 g/mol. The molecule has 0 fully saturated rings. The van der Waals surface area contributed by atoms with Crippen molar-refractivity contribution in [2.24, 2.45) is 0 Å². The van der Waals surface area contributed by atoms with Crippen molar-refractivity contribution in [3.05, 3.63) is 65.5 Å². The summed E-state index contributed by atoms with van der Waals surface area (Å²) in [6.45, 7) is 2.16. The molecule has 1 aromatic heterocycles. The average molecular weight is 291 g/mol. The van der Waals surface area contributed by atoms with Gasteiger partial charge in [-0.2, -0.15) is 10.2 Å². The first-order valence-electron chi connectivity index (χ1n) is 6.78. The summed E-state index contributed by atoms with van der Waals surface area (Å²) in [5.74, 6) is 1.39. The van der Waals surface area contributed by atoms with Crippen LogP contribution in [0.5, 0.6) is 5.75 Å². The molecule has 0 aliphatic heterocycles. The minimum absolute atomic E-state index is 0.147. The topological polar surface area (TPSA) is 71.9 Å². The second kappa shape index (κ2) is 6.10. The first kappa shape index (κ1) is 13.8. The van der Waals surface area contributed by atoms with E-state index in [-0.39, 0.29) is 6.61 Å². The molecule has 0 atom stereocenters. The monoisotopic (exact) mass is 291 g/mol. The highest BCUT2D eigenvalue weighted by Crippen LogP contribution is 2.20. The molecule has 0 aliphatic rings. The molecule has 5 heteroatoms. The number of aryl methyl sites for hydroxylation is 1. The number of para-hydroxylation sites is 1. The SMILES string of the molecule is Cc1ccc(-c2nc(COc3ccccc3C#N)no2)cc1. The third kappa shape index (κ3) is 2.96. The zero-order chi connectivity index (χ0) is 15.4. The number of aromatic nitrogens is 2. The Kier molecular flexibility index (Phi) is 3.84. The molecule has 108 valence electrons. The van der Waals surface area contributed by atoms with E-state index in [1.165, 1.54) is 5.56 Å². The lowest BCUT2D eigenvalue weighted by Gasteiger charge is -2.04. The van der Waals surface area contributed by atoms with Crippen LogP contribution < -0.4 is 4.74 Å². The molecule has 5 nitrogen and oxygen atoms in total. The standard InChI is InChI=1S/C17H13N3O2/c1-12-6-8-13(9-7-12)17-19-16(20-22-17)11-21-15-5-3-2-4-14(15)10-18/h2-9H,11H2,1H3. The van der Waals surface area contributed by atoms with Crippen LogP contribution in [0.3, 0.4) is 0 Å². The van der Waals surface area contributed by atoms with Crippen LogP contribution in [0.1, 0.15) is 17.0 Å². The van der Waals surface area contributed by atoms with Crippen LogP contribution in [-0.2, 0) is 6.61 Å². The highest BCUT2D eigenvalue weighted by molar-refractivity contribution is 5.53. The summed E-state index contributed by atoms with van der Waals surface area (Å²) < 4.78 is 10.8. The Balaban J connectivity index is 1.72. The van der Waals surface area contributed by atoms with Gasteiger partial charge in [-0.25, -0.2) is 0 Å². The Hall–Kier alpha value is -3.13. The highest BCUT2D eigenvalue weighted by Gasteiger charge is 2.10. The van der Waals surface area contributed by atoms with Crippen molar-refractivity contribution >= 4 is 0 Å². The number of nitriles is 1. The van der Waals surface area contributed by atoms with Crippen LogP contribution >= 0.6 is 0 Å². The smallest absolute Gasteiger partial charge is 0.258 e. The molecule has 3 aromatic rings. The van der Waals surface area contributed by atoms with Crippen LogP contribution in [-0.4, -0.2) is 10.1 Å². The van der Waals surface area contributed by atoms with E-state index < -0.39 is 0 Å². The van der Waals surface area contributed by atoms with Gasteiger partial charge in [0.15, 0.2) is 6.61 Å². The zero-order valence-corrected chi connectivity index (χ0v) is 12.0. The molecule has 3 rings (SSSR count). The summed E-state index contributed by atoms with van der Waals surface area (Å²) >= 11 is 0. The largest absolute Gasteiger partial charge is 0.484 e. The number of rotatable bonds is 4. The lowest BCUT2D eigenvalue weighted by molar-refractivity contribution is 0.286. The lowest BCUT2D eigenvalue weighted by atomic mass is 10.1. The average Bonchev–Trinajstić information content (AvgIpc) is 3.03. The molecule has 22 heavy (non-hydrogen) atoms. The van der Waals surface area contributed by atoms with E-state index in [9.17, 15) is 0 Å². The Labute approximate surface area is 127 Å². The third-order valence-corrected chi connectivity index (χ3v) is 3.13. The first-order chi connectivity index (χ1) is 10.8. The summed E-state index contributed by atoms with van der Waals surface area (Å²) in [6, 6.07) is 16.9. The number of hydrogen-bond acceptors (Lipinski definition) is 5. The molecule has 0 bridgehead atoms. The van der Waals surface area contributed by atoms with E-state index >= 15 is 0 Å². The van der Waals surface area contributed by atoms with Gasteiger partial charge < -0.3 is 9.26 Å². The van der Waals surface area contributed by atoms with E-state index in [0.717, 1.165) is 5.56 Å². The van der Waals surface area contributed by atoms with E-state index in [1.807, 2.05) is 37.3 Å². The lowest BCUT2D eigenvalue weighted by Crippen LogP contribution is -1.99. The third-order valence-electron chi connectivity index (χ3n) is 3.13. The van der Waals surface area contributed by atoms with Crippen molar-refractivity contribution < 1.29 is 9.26 Å². The predicted molar refractivity (Wildman–Crippen MR) is 80.0 cm³/mol. The fraction of sp³-hybridized carbons (Fsp3) is 0.118. The van der Waals surface area contributed by atoms with Gasteiger partial charge in [-0.3, -0.25) is 0 Å². The Morgan fingerprint density at radius 2 is 1.91 bits per heavy atom. The minimum Gasteiger partial charge on any atom is -0.484 e. The molecule has 2 aromatic carbocycles. The van der Waals surface area contributed by atoms with E-state index in [4.69, 9.17) is 14.5 Å². The molecule has 0 aliphatic carbocycles. The zero-order valence-electron chi connectivity index (χ0n) is 12.0. The maximum Gasteiger partial charge on any atom is 0.258 e. The van der Waals surface area contributed by atoms with Gasteiger partial charge in [-0.15, -0.1) is 0 Å². The molecule has 0 saturated carbocycles.